The van der Waals surface area contributed by atoms with E-state index in [0.29, 0.717) is 23.9 Å². The summed E-state index contributed by atoms with van der Waals surface area (Å²) in [6.45, 7) is 11.9. The van der Waals surface area contributed by atoms with Crippen molar-refractivity contribution < 1.29 is 13.2 Å². The summed E-state index contributed by atoms with van der Waals surface area (Å²) >= 11 is 0. The topological polar surface area (TPSA) is 49.9 Å². The maximum Gasteiger partial charge on any atom is 0.243 e. The molecule has 2 aliphatic rings. The van der Waals surface area contributed by atoms with Gasteiger partial charge in [-0.1, -0.05) is 32.9 Å². The number of benzene rings is 1. The van der Waals surface area contributed by atoms with Gasteiger partial charge in [0.25, 0.3) is 0 Å². The van der Waals surface area contributed by atoms with Gasteiger partial charge in [-0.3, -0.25) is 0 Å². The van der Waals surface area contributed by atoms with Gasteiger partial charge < -0.3 is 9.64 Å². The van der Waals surface area contributed by atoms with Crippen molar-refractivity contribution in [1.29, 1.82) is 0 Å². The van der Waals surface area contributed by atoms with E-state index in [2.05, 4.69) is 25.7 Å². The number of rotatable bonds is 4. The summed E-state index contributed by atoms with van der Waals surface area (Å²) < 4.78 is 32.8. The highest BCUT2D eigenvalue weighted by Crippen LogP contribution is 2.25. The summed E-state index contributed by atoms with van der Waals surface area (Å²) in [4.78, 5) is 2.77. The van der Waals surface area contributed by atoms with Crippen LogP contribution < -0.4 is 0 Å². The molecule has 0 saturated carbocycles. The number of ether oxygens (including phenoxy) is 1. The average Bonchev–Trinajstić information content (AvgIpc) is 3.08. The average molecular weight is 367 g/mol. The van der Waals surface area contributed by atoms with Crippen LogP contribution in [0.3, 0.4) is 0 Å². The highest BCUT2D eigenvalue weighted by molar-refractivity contribution is 7.89. The number of nitrogens with zero attached hydrogens (tertiary/aromatic N) is 2. The zero-order chi connectivity index (χ0) is 18.1. The van der Waals surface area contributed by atoms with Crippen LogP contribution in [0.4, 0.5) is 0 Å². The van der Waals surface area contributed by atoms with E-state index in [9.17, 15) is 8.42 Å². The molecule has 2 heterocycles. The molecule has 3 rings (SSSR count). The minimum atomic E-state index is -3.39. The summed E-state index contributed by atoms with van der Waals surface area (Å²) in [5.41, 5.74) is 1.17. The third-order valence-electron chi connectivity index (χ3n) is 5.23. The van der Waals surface area contributed by atoms with E-state index < -0.39 is 10.0 Å². The Bertz CT molecular complexity index is 666. The maximum atomic E-state index is 12.9. The predicted octanol–water partition coefficient (Wildman–Crippen LogP) is 2.33. The lowest BCUT2D eigenvalue weighted by Crippen LogP contribution is -2.49. The summed E-state index contributed by atoms with van der Waals surface area (Å²) in [6, 6.07) is 7.36. The van der Waals surface area contributed by atoms with Crippen LogP contribution in [0.1, 0.15) is 32.8 Å². The van der Waals surface area contributed by atoms with E-state index in [4.69, 9.17) is 4.74 Å². The Kier molecular flexibility index (Phi) is 5.54. The molecule has 0 amide bonds. The molecular weight excluding hydrogens is 336 g/mol. The Hall–Kier alpha value is -0.950. The summed E-state index contributed by atoms with van der Waals surface area (Å²) in [7, 11) is -3.39. The van der Waals surface area contributed by atoms with E-state index in [0.717, 1.165) is 44.8 Å². The van der Waals surface area contributed by atoms with Crippen LogP contribution in [-0.2, 0) is 20.2 Å². The molecule has 2 aliphatic heterocycles. The van der Waals surface area contributed by atoms with Crippen molar-refractivity contribution >= 4 is 10.0 Å². The van der Waals surface area contributed by atoms with E-state index in [1.165, 1.54) is 0 Å². The molecule has 25 heavy (non-hydrogen) atoms. The van der Waals surface area contributed by atoms with E-state index in [-0.39, 0.29) is 5.41 Å². The predicted molar refractivity (Wildman–Crippen MR) is 99.3 cm³/mol. The molecule has 1 aromatic carbocycles. The second-order valence-corrected chi connectivity index (χ2v) is 10.1. The van der Waals surface area contributed by atoms with Crippen LogP contribution in [0.15, 0.2) is 29.2 Å². The molecule has 0 aromatic heterocycles. The standard InChI is InChI=1S/C19H30N2O3S/c1-19(2,3)17-4-6-18(7-5-17)25(22,23)21-11-9-20(10-12-21)14-16-8-13-24-15-16/h4-7,16H,8-15H2,1-3H3. The van der Waals surface area contributed by atoms with Gasteiger partial charge in [-0.15, -0.1) is 0 Å². The molecular formula is C19H30N2O3S. The third kappa shape index (κ3) is 4.42. The molecule has 2 saturated heterocycles. The Balaban J connectivity index is 1.61. The van der Waals surface area contributed by atoms with Gasteiger partial charge in [0.2, 0.25) is 10.0 Å². The molecule has 1 atom stereocenters. The number of piperazine rings is 1. The SMILES string of the molecule is CC(C)(C)c1ccc(S(=O)(=O)N2CCN(CC3CCOC3)CC2)cc1. The fourth-order valence-electron chi connectivity index (χ4n) is 3.52. The first kappa shape index (κ1) is 18.8. The van der Waals surface area contributed by atoms with Crippen molar-refractivity contribution in [3.8, 4) is 0 Å². The van der Waals surface area contributed by atoms with Gasteiger partial charge in [0, 0.05) is 39.3 Å². The highest BCUT2D eigenvalue weighted by atomic mass is 32.2. The largest absolute Gasteiger partial charge is 0.381 e. The van der Waals surface area contributed by atoms with Crippen molar-refractivity contribution in [1.82, 2.24) is 9.21 Å². The molecule has 2 fully saturated rings. The second kappa shape index (κ2) is 7.35. The third-order valence-corrected chi connectivity index (χ3v) is 7.14. The molecule has 0 bridgehead atoms. The van der Waals surface area contributed by atoms with E-state index >= 15 is 0 Å². The molecule has 5 nitrogen and oxygen atoms in total. The Morgan fingerprint density at radius 2 is 1.72 bits per heavy atom. The van der Waals surface area contributed by atoms with E-state index in [1.54, 1.807) is 16.4 Å². The van der Waals surface area contributed by atoms with Gasteiger partial charge in [0.05, 0.1) is 11.5 Å². The van der Waals surface area contributed by atoms with Gasteiger partial charge in [-0.25, -0.2) is 8.42 Å². The van der Waals surface area contributed by atoms with Gasteiger partial charge in [0.15, 0.2) is 0 Å². The van der Waals surface area contributed by atoms with E-state index in [1.807, 2.05) is 12.1 Å². The van der Waals surface area contributed by atoms with Gasteiger partial charge in [-0.05, 0) is 35.4 Å². The molecule has 1 aromatic rings. The van der Waals surface area contributed by atoms with Crippen molar-refractivity contribution in [2.45, 2.75) is 37.5 Å². The fourth-order valence-corrected chi connectivity index (χ4v) is 4.94. The number of hydrogen-bond acceptors (Lipinski definition) is 4. The Labute approximate surface area is 152 Å². The fraction of sp³-hybridized carbons (Fsp3) is 0.684. The van der Waals surface area contributed by atoms with Gasteiger partial charge >= 0.3 is 0 Å². The normalized spacial score (nSPS) is 23.9. The van der Waals surface area contributed by atoms with Gasteiger partial charge in [0.1, 0.15) is 0 Å². The smallest absolute Gasteiger partial charge is 0.243 e. The molecule has 6 heteroatoms. The van der Waals surface area contributed by atoms with Crippen molar-refractivity contribution in [3.05, 3.63) is 29.8 Å². The Morgan fingerprint density at radius 1 is 1.08 bits per heavy atom. The van der Waals surface area contributed by atoms with Crippen LogP contribution in [0.5, 0.6) is 0 Å². The zero-order valence-electron chi connectivity index (χ0n) is 15.6. The lowest BCUT2D eigenvalue weighted by atomic mass is 9.87. The van der Waals surface area contributed by atoms with Gasteiger partial charge in [-0.2, -0.15) is 4.31 Å². The minimum Gasteiger partial charge on any atom is -0.381 e. The molecule has 0 aliphatic carbocycles. The first-order chi connectivity index (χ1) is 11.8. The molecule has 140 valence electrons. The summed E-state index contributed by atoms with van der Waals surface area (Å²) in [5.74, 6) is 0.605. The quantitative estimate of drug-likeness (QED) is 0.821. The van der Waals surface area contributed by atoms with Crippen LogP contribution >= 0.6 is 0 Å². The van der Waals surface area contributed by atoms with Crippen LogP contribution in [0.25, 0.3) is 0 Å². The Morgan fingerprint density at radius 3 is 2.24 bits per heavy atom. The molecule has 1 unspecified atom stereocenters. The van der Waals surface area contributed by atoms with Crippen molar-refractivity contribution in [2.24, 2.45) is 5.92 Å². The number of sulfonamides is 1. The van der Waals surface area contributed by atoms with Crippen LogP contribution in [-0.4, -0.2) is 63.6 Å². The first-order valence-electron chi connectivity index (χ1n) is 9.17. The second-order valence-electron chi connectivity index (χ2n) is 8.21. The lowest BCUT2D eigenvalue weighted by Gasteiger charge is -2.35. The zero-order valence-corrected chi connectivity index (χ0v) is 16.4. The monoisotopic (exact) mass is 366 g/mol. The lowest BCUT2D eigenvalue weighted by molar-refractivity contribution is 0.143. The minimum absolute atomic E-state index is 0.0257. The maximum absolute atomic E-state index is 12.9. The molecule has 0 spiro atoms. The van der Waals surface area contributed by atoms with Crippen LogP contribution in [0.2, 0.25) is 0 Å². The molecule has 0 N–H and O–H groups in total. The first-order valence-corrected chi connectivity index (χ1v) is 10.6. The highest BCUT2D eigenvalue weighted by Gasteiger charge is 2.30. The molecule has 0 radical (unpaired) electrons. The summed E-state index contributed by atoms with van der Waals surface area (Å²) in [6.07, 6.45) is 1.12. The van der Waals surface area contributed by atoms with Crippen molar-refractivity contribution in [3.63, 3.8) is 0 Å². The summed E-state index contributed by atoms with van der Waals surface area (Å²) in [5, 5.41) is 0. The van der Waals surface area contributed by atoms with Crippen molar-refractivity contribution in [2.75, 3.05) is 45.9 Å². The van der Waals surface area contributed by atoms with Crippen LogP contribution in [0, 0.1) is 5.92 Å². The number of hydrogen-bond donors (Lipinski definition) is 0.